The standard InChI is InChI=1S/C22H21N3O2/c1-14(26)13-22-20-16(15-7-3-5-9-18(15)23-20)11-12-25(22)21(27)17-8-4-6-10-19(17)24(22)2/h3-10,23H,11-13H2,1-2H3/t22-/m0/s1. The minimum atomic E-state index is -0.816. The Morgan fingerprint density at radius 1 is 1.15 bits per heavy atom. The van der Waals surface area contributed by atoms with Crippen LogP contribution in [-0.4, -0.2) is 35.2 Å². The number of aromatic nitrogens is 1. The first-order valence-corrected chi connectivity index (χ1v) is 9.28. The molecule has 0 unspecified atom stereocenters. The second kappa shape index (κ2) is 5.46. The molecule has 0 radical (unpaired) electrons. The average Bonchev–Trinajstić information content (AvgIpc) is 3.05. The first kappa shape index (κ1) is 16.1. The van der Waals surface area contributed by atoms with E-state index in [0.717, 1.165) is 23.3 Å². The molecule has 0 fully saturated rings. The van der Waals surface area contributed by atoms with Crippen LogP contribution in [-0.2, 0) is 16.9 Å². The lowest BCUT2D eigenvalue weighted by molar-refractivity contribution is -0.120. The van der Waals surface area contributed by atoms with E-state index in [0.29, 0.717) is 12.1 Å². The van der Waals surface area contributed by atoms with E-state index in [4.69, 9.17) is 0 Å². The zero-order chi connectivity index (χ0) is 18.8. The Hall–Kier alpha value is -3.08. The van der Waals surface area contributed by atoms with Gasteiger partial charge in [0.1, 0.15) is 5.78 Å². The molecule has 5 rings (SSSR count). The van der Waals surface area contributed by atoms with Gasteiger partial charge in [-0.05, 0) is 37.1 Å². The van der Waals surface area contributed by atoms with Gasteiger partial charge in [-0.2, -0.15) is 0 Å². The number of aromatic amines is 1. The molecule has 2 aliphatic heterocycles. The molecule has 0 spiro atoms. The SMILES string of the molecule is CC(=O)C[C@@]12c3[nH]c4ccccc4c3CCN1C(=O)c1ccccc1N2C. The van der Waals surface area contributed by atoms with Gasteiger partial charge in [-0.3, -0.25) is 9.59 Å². The lowest BCUT2D eigenvalue weighted by Crippen LogP contribution is -2.65. The first-order valence-electron chi connectivity index (χ1n) is 9.28. The number of fused-ring (bicyclic) bond motifs is 6. The average molecular weight is 359 g/mol. The highest BCUT2D eigenvalue weighted by Crippen LogP contribution is 2.48. The predicted octanol–water partition coefficient (Wildman–Crippen LogP) is 3.45. The van der Waals surface area contributed by atoms with Crippen LogP contribution < -0.4 is 4.90 Å². The Labute approximate surface area is 157 Å². The molecule has 0 saturated heterocycles. The van der Waals surface area contributed by atoms with Crippen molar-refractivity contribution in [3.63, 3.8) is 0 Å². The van der Waals surface area contributed by atoms with E-state index in [1.165, 1.54) is 10.9 Å². The summed E-state index contributed by atoms with van der Waals surface area (Å²) >= 11 is 0. The topological polar surface area (TPSA) is 56.4 Å². The van der Waals surface area contributed by atoms with Crippen molar-refractivity contribution in [1.82, 2.24) is 9.88 Å². The summed E-state index contributed by atoms with van der Waals surface area (Å²) < 4.78 is 0. The van der Waals surface area contributed by atoms with Crippen molar-refractivity contribution in [2.24, 2.45) is 0 Å². The van der Waals surface area contributed by atoms with Crippen molar-refractivity contribution in [3.05, 3.63) is 65.4 Å². The number of benzene rings is 2. The molecule has 3 aromatic rings. The van der Waals surface area contributed by atoms with Gasteiger partial charge < -0.3 is 14.8 Å². The molecule has 1 N–H and O–H groups in total. The number of H-pyrrole nitrogens is 1. The van der Waals surface area contributed by atoms with Crippen LogP contribution in [0.2, 0.25) is 0 Å². The quantitative estimate of drug-likeness (QED) is 0.762. The molecule has 2 aromatic carbocycles. The minimum absolute atomic E-state index is 0.00532. The van der Waals surface area contributed by atoms with E-state index in [9.17, 15) is 9.59 Å². The van der Waals surface area contributed by atoms with E-state index in [-0.39, 0.29) is 18.1 Å². The third-order valence-electron chi connectivity index (χ3n) is 6.04. The molecule has 136 valence electrons. The third kappa shape index (κ3) is 1.99. The summed E-state index contributed by atoms with van der Waals surface area (Å²) in [6.45, 7) is 2.20. The van der Waals surface area contributed by atoms with Crippen molar-refractivity contribution in [1.29, 1.82) is 0 Å². The number of anilines is 1. The van der Waals surface area contributed by atoms with E-state index in [2.05, 4.69) is 22.0 Å². The van der Waals surface area contributed by atoms with Crippen molar-refractivity contribution >= 4 is 28.3 Å². The summed E-state index contributed by atoms with van der Waals surface area (Å²) in [4.78, 5) is 33.3. The highest BCUT2D eigenvalue weighted by molar-refractivity contribution is 6.04. The van der Waals surface area contributed by atoms with E-state index in [1.54, 1.807) is 6.92 Å². The van der Waals surface area contributed by atoms with Gasteiger partial charge in [-0.25, -0.2) is 0 Å². The maximum Gasteiger partial charge on any atom is 0.258 e. The second-order valence-corrected chi connectivity index (χ2v) is 7.50. The fourth-order valence-electron chi connectivity index (χ4n) is 4.90. The fraction of sp³-hybridized carbons (Fsp3) is 0.273. The molecular formula is C22H21N3O2. The number of carbonyl (C=O) groups excluding carboxylic acids is 2. The molecule has 27 heavy (non-hydrogen) atoms. The van der Waals surface area contributed by atoms with Crippen LogP contribution in [0.1, 0.15) is 35.0 Å². The molecule has 5 nitrogen and oxygen atoms in total. The first-order chi connectivity index (χ1) is 13.0. The van der Waals surface area contributed by atoms with Gasteiger partial charge in [-0.15, -0.1) is 0 Å². The number of hydrogen-bond acceptors (Lipinski definition) is 3. The van der Waals surface area contributed by atoms with Crippen LogP contribution in [0, 0.1) is 0 Å². The molecule has 1 atom stereocenters. The maximum atomic E-state index is 13.4. The monoisotopic (exact) mass is 359 g/mol. The van der Waals surface area contributed by atoms with Crippen molar-refractivity contribution < 1.29 is 9.59 Å². The lowest BCUT2D eigenvalue weighted by atomic mass is 9.83. The Morgan fingerprint density at radius 2 is 1.89 bits per heavy atom. The minimum Gasteiger partial charge on any atom is -0.355 e. The van der Waals surface area contributed by atoms with Gasteiger partial charge in [0.15, 0.2) is 5.66 Å². The number of amides is 1. The normalized spacial score (nSPS) is 21.0. The summed E-state index contributed by atoms with van der Waals surface area (Å²) in [7, 11) is 1.99. The summed E-state index contributed by atoms with van der Waals surface area (Å²) in [6.07, 6.45) is 1.03. The molecule has 1 aromatic heterocycles. The maximum absolute atomic E-state index is 13.4. The largest absolute Gasteiger partial charge is 0.355 e. The van der Waals surface area contributed by atoms with Crippen LogP contribution in [0.3, 0.4) is 0 Å². The number of carbonyl (C=O) groups is 2. The molecule has 0 aliphatic carbocycles. The smallest absolute Gasteiger partial charge is 0.258 e. The fourth-order valence-corrected chi connectivity index (χ4v) is 4.90. The summed E-state index contributed by atoms with van der Waals surface area (Å²) in [5.74, 6) is 0.0554. The number of nitrogens with one attached hydrogen (secondary N) is 1. The van der Waals surface area contributed by atoms with Gasteiger partial charge in [0.05, 0.1) is 23.4 Å². The highest BCUT2D eigenvalue weighted by Gasteiger charge is 2.54. The Kier molecular flexibility index (Phi) is 3.26. The summed E-state index contributed by atoms with van der Waals surface area (Å²) in [5, 5.41) is 1.18. The molecule has 0 saturated carbocycles. The van der Waals surface area contributed by atoms with E-state index in [1.807, 2.05) is 48.3 Å². The molecular weight excluding hydrogens is 338 g/mol. The van der Waals surface area contributed by atoms with E-state index >= 15 is 0 Å². The van der Waals surface area contributed by atoms with Crippen molar-refractivity contribution in [2.45, 2.75) is 25.4 Å². The predicted molar refractivity (Wildman–Crippen MR) is 105 cm³/mol. The van der Waals surface area contributed by atoms with Gasteiger partial charge >= 0.3 is 0 Å². The molecule has 1 amide bonds. The Bertz CT molecular complexity index is 1100. The van der Waals surface area contributed by atoms with Gasteiger partial charge in [0, 0.05) is 24.5 Å². The number of para-hydroxylation sites is 2. The highest BCUT2D eigenvalue weighted by atomic mass is 16.2. The van der Waals surface area contributed by atoms with Crippen LogP contribution in [0.4, 0.5) is 5.69 Å². The zero-order valence-corrected chi connectivity index (χ0v) is 15.5. The zero-order valence-electron chi connectivity index (χ0n) is 15.5. The van der Waals surface area contributed by atoms with Crippen molar-refractivity contribution in [3.8, 4) is 0 Å². The van der Waals surface area contributed by atoms with Crippen LogP contribution in [0.25, 0.3) is 10.9 Å². The van der Waals surface area contributed by atoms with Gasteiger partial charge in [0.25, 0.3) is 5.91 Å². The number of Topliss-reactive ketones (excluding diaryl/α,β-unsaturated/α-hetero) is 1. The van der Waals surface area contributed by atoms with Crippen LogP contribution >= 0.6 is 0 Å². The van der Waals surface area contributed by atoms with Crippen LogP contribution in [0.15, 0.2) is 48.5 Å². The summed E-state index contributed by atoms with van der Waals surface area (Å²) in [6, 6.07) is 15.9. The number of ketones is 1. The number of hydrogen-bond donors (Lipinski definition) is 1. The number of nitrogens with zero attached hydrogens (tertiary/aromatic N) is 2. The Balaban J connectivity index is 1.84. The van der Waals surface area contributed by atoms with Crippen molar-refractivity contribution in [2.75, 3.05) is 18.5 Å². The third-order valence-corrected chi connectivity index (χ3v) is 6.04. The van der Waals surface area contributed by atoms with Gasteiger partial charge in [0.2, 0.25) is 0 Å². The van der Waals surface area contributed by atoms with E-state index < -0.39 is 5.66 Å². The van der Waals surface area contributed by atoms with Gasteiger partial charge in [-0.1, -0.05) is 30.3 Å². The van der Waals surface area contributed by atoms with Crippen LogP contribution in [0.5, 0.6) is 0 Å². The summed E-state index contributed by atoms with van der Waals surface area (Å²) in [5.41, 5.74) is 3.97. The number of rotatable bonds is 2. The second-order valence-electron chi connectivity index (χ2n) is 7.50. The molecule has 3 heterocycles. The molecule has 5 heteroatoms. The molecule has 2 aliphatic rings. The lowest BCUT2D eigenvalue weighted by Gasteiger charge is -2.55. The molecule has 0 bridgehead atoms. The Morgan fingerprint density at radius 3 is 2.70 bits per heavy atom.